The Morgan fingerprint density at radius 1 is 0.342 bits per heavy atom. The summed E-state index contributed by atoms with van der Waals surface area (Å²) in [7, 11) is -11.9. The molecule has 3 amide bonds. The molecule has 0 unspecified atom stereocenters. The average Bonchev–Trinajstić information content (AvgIpc) is 0.809. The number of nitrogens with zero attached hydrogens (tertiary/aromatic N) is 6. The first kappa shape index (κ1) is 86.3. The second-order valence-corrected chi connectivity index (χ2v) is 31.9. The lowest BCUT2D eigenvalue weighted by Gasteiger charge is -2.11. The summed E-state index contributed by atoms with van der Waals surface area (Å²) in [5.41, 5.74) is 5.57. The van der Waals surface area contributed by atoms with Crippen molar-refractivity contribution in [2.24, 2.45) is 15.4 Å². The molecule has 0 spiro atoms. The Labute approximate surface area is 685 Å². The molecule has 0 saturated carbocycles. The molecule has 9 N–H and O–H groups in total. The van der Waals surface area contributed by atoms with Crippen LogP contribution in [0.1, 0.15) is 64.5 Å². The Morgan fingerprint density at radius 2 is 0.607 bits per heavy atom. The molecule has 9 aromatic carbocycles. The predicted molar refractivity (Wildman–Crippen MR) is 441 cm³/mol. The van der Waals surface area contributed by atoms with E-state index in [0.29, 0.717) is 99.3 Å². The number of aromatic nitrogens is 3. The third-order valence-corrected chi connectivity index (χ3v) is 21.3. The lowest BCUT2D eigenvalue weighted by Crippen LogP contribution is -2.17. The molecular weight excluding hydrogens is 1680 g/mol. The summed E-state index contributed by atoms with van der Waals surface area (Å²) in [5.74, 6) is -1.41. The Hall–Kier alpha value is -13.2. The number of carbonyl (C=O) groups excluding carboxylic acids is 6. The van der Waals surface area contributed by atoms with Gasteiger partial charge in [0.2, 0.25) is 47.8 Å². The van der Waals surface area contributed by atoms with E-state index in [9.17, 15) is 84.4 Å². The summed E-state index contributed by atoms with van der Waals surface area (Å²) in [6.45, 7) is 0. The van der Waals surface area contributed by atoms with Crippen LogP contribution < -0.4 is 31.4 Å². The van der Waals surface area contributed by atoms with Gasteiger partial charge in [-0.15, -0.1) is 0 Å². The molecule has 594 valence electrons. The Morgan fingerprint density at radius 3 is 0.880 bits per heavy atom. The molecule has 12 aromatic rings. The van der Waals surface area contributed by atoms with Crippen LogP contribution >= 0.6 is 39.1 Å². The molecule has 12 rings (SSSR count). The minimum Gasteiger partial charge on any atom is -0.310 e. The number of nitro groups is 3. The maximum Gasteiger partial charge on any atom is 0.269 e. The smallest absolute Gasteiger partial charge is 0.269 e. The molecule has 0 saturated heterocycles. The van der Waals surface area contributed by atoms with Gasteiger partial charge in [-0.3, -0.25) is 59.1 Å². The summed E-state index contributed by atoms with van der Waals surface area (Å²) in [6, 6.07) is 59.2. The highest BCUT2D eigenvalue weighted by Crippen LogP contribution is 2.33. The van der Waals surface area contributed by atoms with Crippen molar-refractivity contribution in [2.45, 2.75) is 53.2 Å². The minimum atomic E-state index is -3.96. The summed E-state index contributed by atoms with van der Waals surface area (Å²) in [5, 5.41) is 58.6. The molecule has 117 heavy (non-hydrogen) atoms. The summed E-state index contributed by atoms with van der Waals surface area (Å²) in [6.07, 6.45) is 3.27. The number of sulfonamides is 3. The molecule has 0 atom stereocenters. The van der Waals surface area contributed by atoms with E-state index in [1.165, 1.54) is 116 Å². The van der Waals surface area contributed by atoms with E-state index in [4.69, 9.17) is 38.6 Å². The zero-order valence-electron chi connectivity index (χ0n) is 60.6. The summed E-state index contributed by atoms with van der Waals surface area (Å²) < 4.78 is 72.4. The predicted octanol–water partition coefficient (Wildman–Crippen LogP) is 13.8. The van der Waals surface area contributed by atoms with Crippen LogP contribution in [0.5, 0.6) is 0 Å². The number of hydrogen-bond donors (Lipinski definition) is 6. The normalized spacial score (nSPS) is 11.1. The van der Waals surface area contributed by atoms with Gasteiger partial charge < -0.3 is 16.0 Å². The van der Waals surface area contributed by atoms with E-state index >= 15 is 0 Å². The maximum atomic E-state index is 13.1. The fraction of sp³-hybridized carbons (Fsp3) is 0.0741. The number of nitrogens with one attached hydrogen (secondary N) is 3. The van der Waals surface area contributed by atoms with Gasteiger partial charge in [-0.25, -0.2) is 55.6 Å². The third kappa shape index (κ3) is 24.0. The van der Waals surface area contributed by atoms with E-state index in [2.05, 4.69) is 46.8 Å². The number of halogens is 3. The second-order valence-electron chi connectivity index (χ2n) is 25.5. The molecule has 36 heteroatoms. The summed E-state index contributed by atoms with van der Waals surface area (Å²) in [4.78, 5) is 121. The molecule has 0 aliphatic carbocycles. The maximum absolute atomic E-state index is 13.1. The third-order valence-electron chi connectivity index (χ3n) is 17.4. The van der Waals surface area contributed by atoms with Crippen molar-refractivity contribution in [2.75, 3.05) is 16.0 Å². The molecule has 0 aliphatic heterocycles. The number of primary sulfonamides is 3. The number of hydrogen-bond acceptors (Lipinski definition) is 21. The van der Waals surface area contributed by atoms with Crippen molar-refractivity contribution >= 4 is 139 Å². The molecule has 0 aliphatic rings. The number of Topliss-reactive ketones (excluding diaryl/α,β-unsaturated/α-hetero) is 3. The first-order chi connectivity index (χ1) is 55.5. The number of pyridine rings is 3. The van der Waals surface area contributed by atoms with Crippen molar-refractivity contribution in [1.82, 2.24) is 15.0 Å². The van der Waals surface area contributed by atoms with Gasteiger partial charge >= 0.3 is 0 Å². The van der Waals surface area contributed by atoms with Gasteiger partial charge in [0.25, 0.3) is 17.1 Å². The van der Waals surface area contributed by atoms with Crippen LogP contribution in [0.4, 0.5) is 34.5 Å². The molecule has 0 bridgehead atoms. The highest BCUT2D eigenvalue weighted by Gasteiger charge is 2.24. The van der Waals surface area contributed by atoms with Crippen LogP contribution in [0.15, 0.2) is 274 Å². The minimum absolute atomic E-state index is 0.0313. The van der Waals surface area contributed by atoms with E-state index in [1.807, 2.05) is 0 Å². The van der Waals surface area contributed by atoms with Crippen molar-refractivity contribution < 1.29 is 68.8 Å². The van der Waals surface area contributed by atoms with E-state index in [-0.39, 0.29) is 99.3 Å². The largest absolute Gasteiger partial charge is 0.310 e. The number of carbonyl (C=O) groups is 6. The molecule has 3 heterocycles. The van der Waals surface area contributed by atoms with E-state index < -0.39 is 62.6 Å². The fourth-order valence-corrected chi connectivity index (χ4v) is 14.6. The molecule has 30 nitrogen and oxygen atoms in total. The first-order valence-corrected chi connectivity index (χ1v) is 40.5. The number of nitrogens with two attached hydrogens (primary N) is 3. The van der Waals surface area contributed by atoms with Crippen LogP contribution in [0.2, 0.25) is 10.0 Å². The highest BCUT2D eigenvalue weighted by atomic mass is 79.9. The van der Waals surface area contributed by atoms with Crippen LogP contribution in [0, 0.1) is 30.3 Å². The van der Waals surface area contributed by atoms with Crippen LogP contribution in [-0.2, 0) is 83.0 Å². The van der Waals surface area contributed by atoms with E-state index in [1.54, 1.807) is 140 Å². The standard InChI is InChI=1S/C27H21BrN4O6S.2C27H21ClN4O6S/c28-21-10-12-26(30-16-21)31-27(34)15-20-13-22(32(35)36)11-9-19(20)14-24(33)18-7-5-17(6-8-18)23-3-1-2-4-25(23)39(29,37)38;28-21-10-12-26(30-16-21)31-27(34)15-19-9-11-22(32(35)36)13-20(19)14-24(33)18-7-5-17(6-8-18)23-3-1-2-4-25(23)39(29,37)38;28-21-10-12-26(30-16-21)31-27(34)15-20-13-22(32(35)36)11-9-19(20)14-24(33)18-7-5-17(6-8-18)23-3-1-2-4-25(23)39(29,37)38/h3*1-13,16H,14-15H2,(H2,29,37,38)(H,30,31,34). The van der Waals surface area contributed by atoms with Gasteiger partial charge in [0.1, 0.15) is 17.5 Å². The number of ketones is 3. The number of anilines is 3. The number of rotatable bonds is 27. The number of amides is 3. The lowest BCUT2D eigenvalue weighted by molar-refractivity contribution is -0.385. The SMILES string of the molecule is NS(=O)(=O)c1ccccc1-c1ccc(C(=O)Cc2cc([N+](=O)[O-])ccc2CC(=O)Nc2ccc(Cl)cn2)cc1.NS(=O)(=O)c1ccccc1-c1ccc(C(=O)Cc2ccc([N+](=O)[O-])cc2CC(=O)Nc2ccc(Br)cn2)cc1.NS(=O)(=O)c1ccccc1-c1ccc(C(=O)Cc2ccc([N+](=O)[O-])cc2CC(=O)Nc2ccc(Cl)cn2)cc1. The Bertz CT molecular complexity index is 5970. The quantitative estimate of drug-likeness (QED) is 0.0158. The Balaban J connectivity index is 0.000000185. The van der Waals surface area contributed by atoms with Crippen molar-refractivity contribution in [3.63, 3.8) is 0 Å². The second kappa shape index (κ2) is 38.3. The number of benzene rings is 9. The molecule has 0 radical (unpaired) electrons. The van der Waals surface area contributed by atoms with Crippen molar-refractivity contribution in [3.05, 3.63) is 350 Å². The molecule has 0 fully saturated rings. The lowest BCUT2D eigenvalue weighted by atomic mass is 9.95. The van der Waals surface area contributed by atoms with Gasteiger partial charge in [0, 0.05) is 112 Å². The number of nitro benzene ring substituents is 3. The zero-order valence-corrected chi connectivity index (χ0v) is 66.2. The number of non-ortho nitro benzene ring substituents is 3. The van der Waals surface area contributed by atoms with Crippen LogP contribution in [0.25, 0.3) is 33.4 Å². The zero-order chi connectivity index (χ0) is 84.5. The van der Waals surface area contributed by atoms with Gasteiger partial charge in [-0.05, 0) is 121 Å². The van der Waals surface area contributed by atoms with Crippen LogP contribution in [-0.4, -0.2) is 90.0 Å². The van der Waals surface area contributed by atoms with Gasteiger partial charge in [-0.1, -0.05) is 169 Å². The van der Waals surface area contributed by atoms with Gasteiger partial charge in [0.15, 0.2) is 17.3 Å². The Kier molecular flexibility index (Phi) is 28.2. The van der Waals surface area contributed by atoms with Crippen molar-refractivity contribution in [1.29, 1.82) is 0 Å². The van der Waals surface area contributed by atoms with Gasteiger partial charge in [0.05, 0.1) is 58.8 Å². The summed E-state index contributed by atoms with van der Waals surface area (Å²) >= 11 is 14.9. The van der Waals surface area contributed by atoms with Crippen molar-refractivity contribution in [3.8, 4) is 33.4 Å². The monoisotopic (exact) mass is 1740 g/mol. The molecule has 3 aromatic heterocycles. The van der Waals surface area contributed by atoms with Gasteiger partial charge in [-0.2, -0.15) is 0 Å². The van der Waals surface area contributed by atoms with E-state index in [0.717, 1.165) is 4.47 Å². The topological polar surface area (TPSA) is 487 Å². The van der Waals surface area contributed by atoms with Crippen LogP contribution in [0.3, 0.4) is 0 Å². The highest BCUT2D eigenvalue weighted by molar-refractivity contribution is 9.10. The first-order valence-electron chi connectivity index (χ1n) is 34.3. The molecular formula is C81H63BrCl2N12O18S3. The average molecular weight is 1740 g/mol. The fourth-order valence-electron chi connectivity index (χ4n) is 11.8.